The van der Waals surface area contributed by atoms with Crippen LogP contribution in [0, 0.1) is 6.92 Å². The average molecular weight is 506 g/mol. The van der Waals surface area contributed by atoms with Crippen molar-refractivity contribution < 1.29 is 4.74 Å². The van der Waals surface area contributed by atoms with Gasteiger partial charge in [-0.05, 0) is 44.1 Å². The Bertz CT molecular complexity index is 638. The van der Waals surface area contributed by atoms with Crippen molar-refractivity contribution in [2.24, 2.45) is 12.0 Å². The molecule has 2 N–H and O–H groups in total. The molecule has 0 saturated carbocycles. The summed E-state index contributed by atoms with van der Waals surface area (Å²) >= 11 is 2.04. The molecule has 0 bridgehead atoms. The molecule has 9 heteroatoms. The first-order chi connectivity index (χ1) is 12.6. The third-order valence-electron chi connectivity index (χ3n) is 5.21. The van der Waals surface area contributed by atoms with Gasteiger partial charge in [0.1, 0.15) is 12.4 Å². The molecule has 152 valence electrons. The first-order valence-electron chi connectivity index (χ1n) is 9.34. The van der Waals surface area contributed by atoms with E-state index < -0.39 is 0 Å². The van der Waals surface area contributed by atoms with E-state index >= 15 is 0 Å². The molecule has 0 radical (unpaired) electrons. The molecule has 3 rings (SSSR count). The summed E-state index contributed by atoms with van der Waals surface area (Å²) in [5.41, 5.74) is 0.0609. The summed E-state index contributed by atoms with van der Waals surface area (Å²) in [5, 5.41) is 15.2. The molecule has 0 aromatic carbocycles. The number of thioether (sulfide) groups is 1. The third kappa shape index (κ3) is 6.08. The molecule has 2 saturated heterocycles. The molecule has 27 heavy (non-hydrogen) atoms. The number of rotatable bonds is 5. The molecule has 0 amide bonds. The van der Waals surface area contributed by atoms with Crippen LogP contribution in [0.25, 0.3) is 0 Å². The second-order valence-electron chi connectivity index (χ2n) is 7.03. The molecule has 1 spiro atoms. The van der Waals surface area contributed by atoms with E-state index in [0.717, 1.165) is 49.9 Å². The van der Waals surface area contributed by atoms with Gasteiger partial charge in [0.05, 0.1) is 5.60 Å². The Hall–Kier alpha value is -0.810. The molecule has 2 fully saturated rings. The molecule has 1 unspecified atom stereocenters. The minimum absolute atomic E-state index is 0. The van der Waals surface area contributed by atoms with E-state index in [1.54, 1.807) is 0 Å². The van der Waals surface area contributed by atoms with Gasteiger partial charge in [-0.15, -0.1) is 40.8 Å². The van der Waals surface area contributed by atoms with Crippen LogP contribution in [0.15, 0.2) is 17.6 Å². The van der Waals surface area contributed by atoms with Gasteiger partial charge in [-0.2, -0.15) is 11.8 Å². The summed E-state index contributed by atoms with van der Waals surface area (Å²) in [6.07, 6.45) is 6.20. The van der Waals surface area contributed by atoms with E-state index in [9.17, 15) is 0 Å². The lowest BCUT2D eigenvalue weighted by molar-refractivity contribution is -0.0912. The highest BCUT2D eigenvalue weighted by molar-refractivity contribution is 14.0. The fourth-order valence-corrected chi connectivity index (χ4v) is 4.73. The van der Waals surface area contributed by atoms with Crippen LogP contribution in [0.2, 0.25) is 0 Å². The predicted octanol–water partition coefficient (Wildman–Crippen LogP) is 2.41. The number of halogens is 1. The molecular formula is C18H31IN6OS. The summed E-state index contributed by atoms with van der Waals surface area (Å²) in [6.45, 7) is 7.72. The standard InChI is InChI=1S/C18H30N6OS.HI/c1-4-8-19-17(20-13-16-23-22-14(2)24(16)3)21-15-5-9-25-18(12-15)6-10-26-11-7-18;/h4,15H,1,5-13H2,2-3H3,(H2,19,20,21);1H. The van der Waals surface area contributed by atoms with Crippen LogP contribution in [0.5, 0.6) is 0 Å². The monoisotopic (exact) mass is 506 g/mol. The van der Waals surface area contributed by atoms with Gasteiger partial charge in [-0.25, -0.2) is 4.99 Å². The number of hydrogen-bond donors (Lipinski definition) is 2. The molecule has 1 aromatic rings. The summed E-state index contributed by atoms with van der Waals surface area (Å²) < 4.78 is 8.17. The average Bonchev–Trinajstić information content (AvgIpc) is 2.96. The lowest BCUT2D eigenvalue weighted by Crippen LogP contribution is -2.52. The highest BCUT2D eigenvalue weighted by atomic mass is 127. The van der Waals surface area contributed by atoms with Gasteiger partial charge in [0.25, 0.3) is 0 Å². The smallest absolute Gasteiger partial charge is 0.192 e. The number of hydrogen-bond acceptors (Lipinski definition) is 5. The van der Waals surface area contributed by atoms with Crippen molar-refractivity contribution in [3.8, 4) is 0 Å². The topological polar surface area (TPSA) is 76.4 Å². The molecule has 1 atom stereocenters. The molecule has 3 heterocycles. The van der Waals surface area contributed by atoms with E-state index in [1.165, 1.54) is 11.5 Å². The van der Waals surface area contributed by atoms with E-state index in [1.807, 2.05) is 36.4 Å². The lowest BCUT2D eigenvalue weighted by atomic mass is 9.85. The summed E-state index contributed by atoms with van der Waals surface area (Å²) in [7, 11) is 1.97. The molecule has 2 aliphatic heterocycles. The van der Waals surface area contributed by atoms with Crippen LogP contribution in [0.4, 0.5) is 0 Å². The Morgan fingerprint density at radius 1 is 1.44 bits per heavy atom. The van der Waals surface area contributed by atoms with Crippen LogP contribution >= 0.6 is 35.7 Å². The highest BCUT2D eigenvalue weighted by Crippen LogP contribution is 2.37. The van der Waals surface area contributed by atoms with Crippen molar-refractivity contribution in [3.05, 3.63) is 24.3 Å². The van der Waals surface area contributed by atoms with Crippen LogP contribution < -0.4 is 10.6 Å². The van der Waals surface area contributed by atoms with Crippen molar-refractivity contribution in [2.75, 3.05) is 24.7 Å². The molecule has 7 nitrogen and oxygen atoms in total. The Labute approximate surface area is 183 Å². The van der Waals surface area contributed by atoms with Crippen molar-refractivity contribution in [2.45, 2.75) is 50.8 Å². The minimum atomic E-state index is 0. The van der Waals surface area contributed by atoms with E-state index in [0.29, 0.717) is 19.1 Å². The maximum absolute atomic E-state index is 6.20. The zero-order valence-electron chi connectivity index (χ0n) is 16.2. The number of aliphatic imine (C=N–C) groups is 1. The number of guanidine groups is 1. The van der Waals surface area contributed by atoms with Gasteiger partial charge in [0.2, 0.25) is 0 Å². The van der Waals surface area contributed by atoms with Crippen LogP contribution in [-0.2, 0) is 18.3 Å². The maximum Gasteiger partial charge on any atom is 0.192 e. The van der Waals surface area contributed by atoms with Crippen molar-refractivity contribution >= 4 is 41.7 Å². The number of nitrogens with zero attached hydrogens (tertiary/aromatic N) is 4. The fourth-order valence-electron chi connectivity index (χ4n) is 3.50. The largest absolute Gasteiger partial charge is 0.375 e. The van der Waals surface area contributed by atoms with Crippen molar-refractivity contribution in [3.63, 3.8) is 0 Å². The SMILES string of the molecule is C=CCNC(=NCc1nnc(C)n1C)NC1CCOC2(CCSCC2)C1.I. The van der Waals surface area contributed by atoms with Gasteiger partial charge in [-0.1, -0.05) is 6.08 Å². The van der Waals surface area contributed by atoms with Crippen molar-refractivity contribution in [1.29, 1.82) is 0 Å². The van der Waals surface area contributed by atoms with Crippen LogP contribution in [-0.4, -0.2) is 57.0 Å². The highest BCUT2D eigenvalue weighted by Gasteiger charge is 2.38. The zero-order chi connectivity index (χ0) is 18.4. The Balaban J connectivity index is 0.00000261. The second kappa shape index (κ2) is 10.7. The molecule has 1 aromatic heterocycles. The van der Waals surface area contributed by atoms with Gasteiger partial charge >= 0.3 is 0 Å². The Kier molecular flexibility index (Phi) is 8.87. The molecule has 0 aliphatic carbocycles. The summed E-state index contributed by atoms with van der Waals surface area (Å²) in [4.78, 5) is 4.71. The molecular weight excluding hydrogens is 475 g/mol. The Morgan fingerprint density at radius 3 is 2.89 bits per heavy atom. The quantitative estimate of drug-likeness (QED) is 0.277. The normalized spacial score (nSPS) is 22.1. The Morgan fingerprint density at radius 2 is 2.22 bits per heavy atom. The number of aromatic nitrogens is 3. The number of aryl methyl sites for hydroxylation is 1. The first kappa shape index (κ1) is 22.5. The maximum atomic E-state index is 6.20. The van der Waals surface area contributed by atoms with E-state index in [-0.39, 0.29) is 29.6 Å². The van der Waals surface area contributed by atoms with Crippen molar-refractivity contribution in [1.82, 2.24) is 25.4 Å². The van der Waals surface area contributed by atoms with Gasteiger partial charge in [0, 0.05) is 26.2 Å². The van der Waals surface area contributed by atoms with Gasteiger partial charge in [-0.3, -0.25) is 0 Å². The van der Waals surface area contributed by atoms with Crippen LogP contribution in [0.1, 0.15) is 37.3 Å². The first-order valence-corrected chi connectivity index (χ1v) is 10.5. The lowest BCUT2D eigenvalue weighted by Gasteiger charge is -2.43. The third-order valence-corrected chi connectivity index (χ3v) is 6.20. The van der Waals surface area contributed by atoms with E-state index in [2.05, 4.69) is 27.4 Å². The summed E-state index contributed by atoms with van der Waals surface area (Å²) in [5.74, 6) is 4.96. The van der Waals surface area contributed by atoms with E-state index in [4.69, 9.17) is 9.73 Å². The number of ether oxygens (including phenoxy) is 1. The minimum Gasteiger partial charge on any atom is -0.375 e. The molecule has 2 aliphatic rings. The predicted molar refractivity (Wildman–Crippen MR) is 122 cm³/mol. The number of nitrogens with one attached hydrogen (secondary N) is 2. The zero-order valence-corrected chi connectivity index (χ0v) is 19.4. The second-order valence-corrected chi connectivity index (χ2v) is 8.26. The fraction of sp³-hybridized carbons (Fsp3) is 0.722. The summed E-state index contributed by atoms with van der Waals surface area (Å²) in [6, 6.07) is 0.379. The van der Waals surface area contributed by atoms with Crippen LogP contribution in [0.3, 0.4) is 0 Å². The van der Waals surface area contributed by atoms with Gasteiger partial charge < -0.3 is 19.9 Å². The van der Waals surface area contributed by atoms with Gasteiger partial charge in [0.15, 0.2) is 11.8 Å².